The van der Waals surface area contributed by atoms with Gasteiger partial charge in [0.2, 0.25) is 15.9 Å². The molecule has 1 aliphatic rings. The molecule has 3 rings (SSSR count). The summed E-state index contributed by atoms with van der Waals surface area (Å²) < 4.78 is 28.5. The van der Waals surface area contributed by atoms with Crippen LogP contribution < -0.4 is 0 Å². The van der Waals surface area contributed by atoms with Crippen molar-refractivity contribution in [2.45, 2.75) is 52.0 Å². The van der Waals surface area contributed by atoms with Gasteiger partial charge in [0, 0.05) is 30.4 Å². The van der Waals surface area contributed by atoms with Crippen molar-refractivity contribution in [2.75, 3.05) is 19.6 Å². The van der Waals surface area contributed by atoms with Gasteiger partial charge in [0.05, 0.1) is 11.4 Å². The quantitative estimate of drug-likeness (QED) is 0.568. The standard InChI is InChI=1S/C24H32N2O3S2/c1-6-11-25(16-22-8-7-14-30-22)24(27)21-9-12-26(13-10-21)31(28,29)23-19(4)17(2)15-18(3)20(23)5/h6-8,14-15,21H,1,9-13,16H2,2-5H3. The Bertz CT molecular complexity index is 1020. The molecule has 1 saturated heterocycles. The lowest BCUT2D eigenvalue weighted by Gasteiger charge is -2.34. The van der Waals surface area contributed by atoms with Gasteiger partial charge in [-0.15, -0.1) is 17.9 Å². The molecule has 1 aliphatic heterocycles. The fourth-order valence-electron chi connectivity index (χ4n) is 4.28. The zero-order valence-electron chi connectivity index (χ0n) is 18.8. The Balaban J connectivity index is 1.74. The molecule has 0 spiro atoms. The number of carbonyl (C=O) groups is 1. The second-order valence-corrected chi connectivity index (χ2v) is 11.3. The topological polar surface area (TPSA) is 57.7 Å². The monoisotopic (exact) mass is 460 g/mol. The number of hydrogen-bond donors (Lipinski definition) is 0. The first-order valence-corrected chi connectivity index (χ1v) is 13.0. The van der Waals surface area contributed by atoms with Gasteiger partial charge in [-0.05, 0) is 74.2 Å². The summed E-state index contributed by atoms with van der Waals surface area (Å²) in [5.41, 5.74) is 3.60. The van der Waals surface area contributed by atoms with E-state index < -0.39 is 10.0 Å². The minimum atomic E-state index is -3.60. The average Bonchev–Trinajstić information content (AvgIpc) is 3.25. The van der Waals surface area contributed by atoms with E-state index in [4.69, 9.17) is 0 Å². The Kier molecular flexibility index (Phi) is 7.39. The van der Waals surface area contributed by atoms with Crippen LogP contribution in [-0.2, 0) is 21.4 Å². The second kappa shape index (κ2) is 9.67. The van der Waals surface area contributed by atoms with Crippen molar-refractivity contribution in [3.05, 3.63) is 63.4 Å². The highest BCUT2D eigenvalue weighted by atomic mass is 32.2. The second-order valence-electron chi connectivity index (χ2n) is 8.35. The number of amides is 1. The maximum absolute atomic E-state index is 13.5. The van der Waals surface area contributed by atoms with Gasteiger partial charge in [-0.25, -0.2) is 8.42 Å². The molecule has 168 valence electrons. The molecule has 1 aromatic carbocycles. The summed E-state index contributed by atoms with van der Waals surface area (Å²) in [6.45, 7) is 13.2. The minimum Gasteiger partial charge on any atom is -0.334 e. The summed E-state index contributed by atoms with van der Waals surface area (Å²) in [5.74, 6) is -0.0723. The van der Waals surface area contributed by atoms with Crippen molar-refractivity contribution in [1.29, 1.82) is 0 Å². The summed E-state index contributed by atoms with van der Waals surface area (Å²) in [6, 6.07) is 6.05. The van der Waals surface area contributed by atoms with Crippen molar-refractivity contribution in [3.8, 4) is 0 Å². The van der Waals surface area contributed by atoms with Gasteiger partial charge in [0.15, 0.2) is 0 Å². The van der Waals surface area contributed by atoms with E-state index >= 15 is 0 Å². The largest absolute Gasteiger partial charge is 0.334 e. The number of benzene rings is 1. The van der Waals surface area contributed by atoms with E-state index in [9.17, 15) is 13.2 Å². The number of carbonyl (C=O) groups excluding carboxylic acids is 1. The molecule has 0 bridgehead atoms. The third-order valence-corrected chi connectivity index (χ3v) is 9.32. The third-order valence-electron chi connectivity index (χ3n) is 6.29. The lowest BCUT2D eigenvalue weighted by molar-refractivity contribution is -0.136. The van der Waals surface area contributed by atoms with E-state index in [2.05, 4.69) is 6.58 Å². The molecule has 0 N–H and O–H groups in total. The van der Waals surface area contributed by atoms with Gasteiger partial charge >= 0.3 is 0 Å². The van der Waals surface area contributed by atoms with Gasteiger partial charge < -0.3 is 4.90 Å². The smallest absolute Gasteiger partial charge is 0.243 e. The van der Waals surface area contributed by atoms with E-state index in [1.165, 1.54) is 0 Å². The van der Waals surface area contributed by atoms with Crippen LogP contribution in [0.5, 0.6) is 0 Å². The molecule has 2 aromatic rings. The van der Waals surface area contributed by atoms with Crippen LogP contribution in [0, 0.1) is 33.6 Å². The van der Waals surface area contributed by atoms with Crippen molar-refractivity contribution in [3.63, 3.8) is 0 Å². The summed E-state index contributed by atoms with van der Waals surface area (Å²) >= 11 is 1.63. The maximum atomic E-state index is 13.5. The van der Waals surface area contributed by atoms with E-state index in [0.717, 1.165) is 27.1 Å². The molecule has 0 radical (unpaired) electrons. The first-order valence-electron chi connectivity index (χ1n) is 10.7. The van der Waals surface area contributed by atoms with Gasteiger partial charge in [-0.3, -0.25) is 4.79 Å². The normalized spacial score (nSPS) is 15.7. The Hall–Kier alpha value is -1.96. The molecule has 2 heterocycles. The third kappa shape index (κ3) is 4.94. The Morgan fingerprint density at radius 1 is 1.19 bits per heavy atom. The molecule has 0 saturated carbocycles. The van der Waals surface area contributed by atoms with Crippen LogP contribution in [0.15, 0.2) is 41.1 Å². The maximum Gasteiger partial charge on any atom is 0.243 e. The number of sulfonamides is 1. The first kappa shape index (κ1) is 23.7. The summed E-state index contributed by atoms with van der Waals surface area (Å²) in [6.07, 6.45) is 2.83. The zero-order valence-corrected chi connectivity index (χ0v) is 20.5. The van der Waals surface area contributed by atoms with E-state index in [1.54, 1.807) is 21.7 Å². The molecular formula is C24H32N2O3S2. The molecule has 7 heteroatoms. The van der Waals surface area contributed by atoms with Crippen molar-refractivity contribution >= 4 is 27.3 Å². The van der Waals surface area contributed by atoms with Gasteiger partial charge in [0.25, 0.3) is 0 Å². The number of hydrogen-bond acceptors (Lipinski definition) is 4. The Labute approximate surface area is 190 Å². The van der Waals surface area contributed by atoms with Crippen LogP contribution in [0.2, 0.25) is 0 Å². The molecule has 0 atom stereocenters. The Morgan fingerprint density at radius 3 is 2.32 bits per heavy atom. The predicted octanol–water partition coefficient (Wildman–Crippen LogP) is 4.60. The van der Waals surface area contributed by atoms with Crippen LogP contribution in [-0.4, -0.2) is 43.2 Å². The minimum absolute atomic E-state index is 0.0871. The first-order chi connectivity index (χ1) is 14.7. The molecule has 0 unspecified atom stereocenters. The van der Waals surface area contributed by atoms with E-state index in [0.29, 0.717) is 43.9 Å². The summed E-state index contributed by atoms with van der Waals surface area (Å²) in [4.78, 5) is 16.5. The highest BCUT2D eigenvalue weighted by molar-refractivity contribution is 7.89. The predicted molar refractivity (Wildman–Crippen MR) is 127 cm³/mol. The molecule has 5 nitrogen and oxygen atoms in total. The summed E-state index contributed by atoms with van der Waals surface area (Å²) in [7, 11) is -3.60. The number of thiophene rings is 1. The van der Waals surface area contributed by atoms with Crippen molar-refractivity contribution < 1.29 is 13.2 Å². The van der Waals surface area contributed by atoms with Crippen LogP contribution in [0.25, 0.3) is 0 Å². The van der Waals surface area contributed by atoms with Crippen LogP contribution in [0.3, 0.4) is 0 Å². The van der Waals surface area contributed by atoms with Gasteiger partial charge in [-0.2, -0.15) is 4.31 Å². The lowest BCUT2D eigenvalue weighted by Crippen LogP contribution is -2.44. The molecule has 31 heavy (non-hydrogen) atoms. The van der Waals surface area contributed by atoms with Gasteiger partial charge in [0.1, 0.15) is 0 Å². The molecule has 0 aliphatic carbocycles. The number of piperidine rings is 1. The number of aryl methyl sites for hydroxylation is 2. The van der Waals surface area contributed by atoms with E-state index in [1.807, 2.05) is 56.2 Å². The Morgan fingerprint density at radius 2 is 1.81 bits per heavy atom. The van der Waals surface area contributed by atoms with Crippen LogP contribution >= 0.6 is 11.3 Å². The average molecular weight is 461 g/mol. The number of rotatable bonds is 7. The highest BCUT2D eigenvalue weighted by Gasteiger charge is 2.35. The van der Waals surface area contributed by atoms with Crippen LogP contribution in [0.4, 0.5) is 0 Å². The SMILES string of the molecule is C=CCN(Cc1cccs1)C(=O)C1CCN(S(=O)(=O)c2c(C)c(C)cc(C)c2C)CC1. The zero-order chi connectivity index (χ0) is 22.8. The van der Waals surface area contributed by atoms with Crippen molar-refractivity contribution in [2.24, 2.45) is 5.92 Å². The fraction of sp³-hybridized carbons (Fsp3) is 0.458. The highest BCUT2D eigenvalue weighted by Crippen LogP contribution is 2.31. The lowest BCUT2D eigenvalue weighted by atomic mass is 9.96. The van der Waals surface area contributed by atoms with Crippen LogP contribution in [0.1, 0.15) is 40.0 Å². The van der Waals surface area contributed by atoms with Gasteiger partial charge in [-0.1, -0.05) is 18.2 Å². The van der Waals surface area contributed by atoms with E-state index in [-0.39, 0.29) is 11.8 Å². The fourth-order valence-corrected chi connectivity index (χ4v) is 7.04. The molecule has 1 fully saturated rings. The van der Waals surface area contributed by atoms with Crippen molar-refractivity contribution in [1.82, 2.24) is 9.21 Å². The summed E-state index contributed by atoms with van der Waals surface area (Å²) in [5, 5.41) is 2.01. The number of nitrogens with zero attached hydrogens (tertiary/aromatic N) is 2. The molecular weight excluding hydrogens is 428 g/mol. The molecule has 1 amide bonds. The molecule has 1 aromatic heterocycles.